The first-order valence-electron chi connectivity index (χ1n) is 24.4. The average molecular weight is 798 g/mol. The summed E-state index contributed by atoms with van der Waals surface area (Å²) in [5.74, 6) is 0.135. The number of rotatable bonds is 46. The van der Waals surface area contributed by atoms with Crippen LogP contribution in [0, 0.1) is 11.8 Å². The van der Waals surface area contributed by atoms with Gasteiger partial charge in [-0.1, -0.05) is 156 Å². The highest BCUT2D eigenvalue weighted by molar-refractivity contribution is 5.72. The maximum absolute atomic E-state index is 12.9. The zero-order valence-electron chi connectivity index (χ0n) is 37.8. The molecule has 0 aromatic rings. The first-order chi connectivity index (χ1) is 27.5. The van der Waals surface area contributed by atoms with Gasteiger partial charge in [-0.05, 0) is 70.8 Å². The van der Waals surface area contributed by atoms with Crippen LogP contribution in [-0.2, 0) is 28.5 Å². The first-order valence-corrected chi connectivity index (χ1v) is 24.4. The quantitative estimate of drug-likeness (QED) is 0.0481. The van der Waals surface area contributed by atoms with E-state index in [0.717, 1.165) is 110 Å². The van der Waals surface area contributed by atoms with Gasteiger partial charge in [0.15, 0.2) is 0 Å². The van der Waals surface area contributed by atoms with Crippen LogP contribution in [0.5, 0.6) is 0 Å². The van der Waals surface area contributed by atoms with E-state index in [1.807, 2.05) is 0 Å². The Morgan fingerprint density at radius 2 is 0.732 bits per heavy atom. The molecule has 0 saturated carbocycles. The zero-order chi connectivity index (χ0) is 41.0. The summed E-state index contributed by atoms with van der Waals surface area (Å²) in [6, 6.07) is 0. The molecule has 0 saturated heterocycles. The largest absolute Gasteiger partial charge is 0.465 e. The van der Waals surface area contributed by atoms with Crippen LogP contribution in [0.4, 0.5) is 0 Å². The second-order valence-corrected chi connectivity index (χ2v) is 16.5. The number of nitrogens with zero attached hydrogens (tertiary/aromatic N) is 1. The van der Waals surface area contributed by atoms with Gasteiger partial charge in [0.05, 0.1) is 38.3 Å². The Balaban J connectivity index is 4.27. The molecular formula is C48H95NO7. The Kier molecular flexibility index (Phi) is 43.9. The summed E-state index contributed by atoms with van der Waals surface area (Å²) in [5, 5.41) is 9.28. The predicted molar refractivity (Wildman–Crippen MR) is 235 cm³/mol. The third kappa shape index (κ3) is 37.1. The number of esters is 2. The summed E-state index contributed by atoms with van der Waals surface area (Å²) in [4.78, 5) is 28.2. The van der Waals surface area contributed by atoms with E-state index >= 15 is 0 Å². The molecule has 8 nitrogen and oxygen atoms in total. The molecule has 0 aromatic heterocycles. The van der Waals surface area contributed by atoms with Gasteiger partial charge in [-0.15, -0.1) is 0 Å². The Bertz CT molecular complexity index is 752. The molecule has 0 heterocycles. The zero-order valence-corrected chi connectivity index (χ0v) is 37.8. The molecular weight excluding hydrogens is 703 g/mol. The normalized spacial score (nSPS) is 12.7. The number of aliphatic hydroxyl groups is 1. The van der Waals surface area contributed by atoms with Gasteiger partial charge in [0.2, 0.25) is 0 Å². The van der Waals surface area contributed by atoms with Gasteiger partial charge in [-0.25, -0.2) is 0 Å². The molecule has 1 N–H and O–H groups in total. The van der Waals surface area contributed by atoms with Crippen molar-refractivity contribution in [1.29, 1.82) is 0 Å². The minimum atomic E-state index is 0.0101. The summed E-state index contributed by atoms with van der Waals surface area (Å²) in [5.41, 5.74) is 0. The highest BCUT2D eigenvalue weighted by Gasteiger charge is 2.20. The van der Waals surface area contributed by atoms with Gasteiger partial charge < -0.3 is 24.1 Å². The van der Waals surface area contributed by atoms with E-state index in [1.165, 1.54) is 103 Å². The molecule has 8 heteroatoms. The lowest BCUT2D eigenvalue weighted by molar-refractivity contribution is -0.150. The smallest absolute Gasteiger partial charge is 0.308 e. The van der Waals surface area contributed by atoms with Gasteiger partial charge in [-0.2, -0.15) is 0 Å². The third-order valence-electron chi connectivity index (χ3n) is 11.1. The number of hydrogen-bond acceptors (Lipinski definition) is 8. The van der Waals surface area contributed by atoms with Crippen LogP contribution in [0.1, 0.15) is 220 Å². The fourth-order valence-corrected chi connectivity index (χ4v) is 7.30. The van der Waals surface area contributed by atoms with Crippen molar-refractivity contribution in [2.75, 3.05) is 65.9 Å². The van der Waals surface area contributed by atoms with Gasteiger partial charge in [0.25, 0.3) is 0 Å². The molecule has 334 valence electrons. The molecule has 56 heavy (non-hydrogen) atoms. The Morgan fingerprint density at radius 3 is 1.11 bits per heavy atom. The molecule has 2 unspecified atom stereocenters. The van der Waals surface area contributed by atoms with E-state index in [0.29, 0.717) is 39.6 Å². The van der Waals surface area contributed by atoms with Crippen molar-refractivity contribution in [3.63, 3.8) is 0 Å². The van der Waals surface area contributed by atoms with Crippen LogP contribution in [0.25, 0.3) is 0 Å². The van der Waals surface area contributed by atoms with Gasteiger partial charge >= 0.3 is 11.9 Å². The minimum absolute atomic E-state index is 0.0101. The number of aliphatic hydroxyl groups excluding tert-OH is 1. The predicted octanol–water partition coefficient (Wildman–Crippen LogP) is 12.4. The van der Waals surface area contributed by atoms with Crippen LogP contribution in [0.3, 0.4) is 0 Å². The molecule has 0 fully saturated rings. The molecule has 0 bridgehead atoms. The van der Waals surface area contributed by atoms with Crippen molar-refractivity contribution in [3.8, 4) is 0 Å². The fraction of sp³-hybridized carbons (Fsp3) is 0.958. The summed E-state index contributed by atoms with van der Waals surface area (Å²) >= 11 is 0. The molecule has 0 amide bonds. The van der Waals surface area contributed by atoms with Gasteiger partial charge in [-0.3, -0.25) is 14.5 Å². The molecule has 2 atom stereocenters. The lowest BCUT2D eigenvalue weighted by Crippen LogP contribution is -2.32. The van der Waals surface area contributed by atoms with E-state index in [2.05, 4.69) is 32.6 Å². The Labute approximate surface area is 347 Å². The Hall–Kier alpha value is -1.22. The average Bonchev–Trinajstić information content (AvgIpc) is 3.20. The molecule has 0 aliphatic carbocycles. The van der Waals surface area contributed by atoms with Crippen molar-refractivity contribution >= 4 is 11.9 Å². The number of unbranched alkanes of at least 4 members (excludes halogenated alkanes) is 19. The SMILES string of the molecule is CCCCCCCCC(CCCCCC)C(=O)OCCCCOCCN(CCCCO)CCOCCCCOC(=O)C(CCCCCC)CCCCCCCC. The first kappa shape index (κ1) is 54.8. The highest BCUT2D eigenvalue weighted by Crippen LogP contribution is 2.22. The number of carbonyl (C=O) groups excluding carboxylic acids is 2. The van der Waals surface area contributed by atoms with E-state index in [1.54, 1.807) is 0 Å². The molecule has 0 radical (unpaired) electrons. The van der Waals surface area contributed by atoms with Crippen LogP contribution in [-0.4, -0.2) is 87.8 Å². The summed E-state index contributed by atoms with van der Waals surface area (Å²) in [6.45, 7) is 15.3. The molecule has 0 spiro atoms. The van der Waals surface area contributed by atoms with Gasteiger partial charge in [0.1, 0.15) is 0 Å². The Morgan fingerprint density at radius 1 is 0.393 bits per heavy atom. The summed E-state index contributed by atoms with van der Waals surface area (Å²) in [7, 11) is 0. The maximum Gasteiger partial charge on any atom is 0.308 e. The van der Waals surface area contributed by atoms with E-state index in [9.17, 15) is 14.7 Å². The van der Waals surface area contributed by atoms with Crippen molar-refractivity contribution in [3.05, 3.63) is 0 Å². The molecule has 0 aliphatic heterocycles. The highest BCUT2D eigenvalue weighted by atomic mass is 16.5. The minimum Gasteiger partial charge on any atom is -0.465 e. The van der Waals surface area contributed by atoms with Crippen molar-refractivity contribution in [2.24, 2.45) is 11.8 Å². The van der Waals surface area contributed by atoms with Crippen LogP contribution < -0.4 is 0 Å². The van der Waals surface area contributed by atoms with Gasteiger partial charge in [0, 0.05) is 32.9 Å². The van der Waals surface area contributed by atoms with Crippen LogP contribution in [0.15, 0.2) is 0 Å². The number of ether oxygens (including phenoxy) is 4. The monoisotopic (exact) mass is 798 g/mol. The van der Waals surface area contributed by atoms with Crippen LogP contribution in [0.2, 0.25) is 0 Å². The second kappa shape index (κ2) is 44.9. The summed E-state index contributed by atoms with van der Waals surface area (Å²) in [6.07, 6.45) is 33.6. The third-order valence-corrected chi connectivity index (χ3v) is 11.1. The number of hydrogen-bond donors (Lipinski definition) is 1. The molecule has 0 aliphatic rings. The van der Waals surface area contributed by atoms with E-state index < -0.39 is 0 Å². The summed E-state index contributed by atoms with van der Waals surface area (Å²) < 4.78 is 23.4. The van der Waals surface area contributed by atoms with E-state index in [-0.39, 0.29) is 30.4 Å². The van der Waals surface area contributed by atoms with Crippen LogP contribution >= 0.6 is 0 Å². The lowest BCUT2D eigenvalue weighted by Gasteiger charge is -2.22. The molecule has 0 aromatic carbocycles. The maximum atomic E-state index is 12.9. The fourth-order valence-electron chi connectivity index (χ4n) is 7.30. The second-order valence-electron chi connectivity index (χ2n) is 16.5. The standard InChI is InChI=1S/C48H95NO7/c1-5-9-13-17-19-23-33-45(31-21-15-11-7-3)47(51)55-41-29-27-39-53-43-36-49(35-25-26-38-50)37-44-54-40-28-30-42-56-48(52)46(32-22-16-12-8-4)34-24-20-18-14-10-6-2/h45-46,50H,5-44H2,1-4H3. The number of carbonyl (C=O) groups is 2. The molecule has 0 rings (SSSR count). The van der Waals surface area contributed by atoms with Crippen molar-refractivity contribution in [2.45, 2.75) is 220 Å². The van der Waals surface area contributed by atoms with Crippen molar-refractivity contribution in [1.82, 2.24) is 4.90 Å². The van der Waals surface area contributed by atoms with E-state index in [4.69, 9.17) is 18.9 Å². The lowest BCUT2D eigenvalue weighted by atomic mass is 9.94. The topological polar surface area (TPSA) is 94.5 Å². The van der Waals surface area contributed by atoms with Crippen molar-refractivity contribution < 1.29 is 33.6 Å².